The van der Waals surface area contributed by atoms with E-state index in [2.05, 4.69) is 5.32 Å². The van der Waals surface area contributed by atoms with Crippen LogP contribution >= 0.6 is 0 Å². The Kier molecular flexibility index (Phi) is 5.35. The minimum atomic E-state index is -1.14. The van der Waals surface area contributed by atoms with E-state index < -0.39 is 23.7 Å². The maximum Gasteiger partial charge on any atom is 0.408 e. The van der Waals surface area contributed by atoms with Crippen LogP contribution in [0.3, 0.4) is 0 Å². The molecular formula is C10H18N2O4. The third-order valence-electron chi connectivity index (χ3n) is 1.50. The van der Waals surface area contributed by atoms with Crippen molar-refractivity contribution in [3.8, 4) is 0 Å². The highest BCUT2D eigenvalue weighted by Crippen LogP contribution is 2.07. The molecule has 0 radical (unpaired) electrons. The molecule has 1 atom stereocenters. The van der Waals surface area contributed by atoms with Gasteiger partial charge in [-0.3, -0.25) is 0 Å². The Morgan fingerprint density at radius 3 is 2.44 bits per heavy atom. The number of rotatable bonds is 4. The average Bonchev–Trinajstić information content (AvgIpc) is 2.08. The summed E-state index contributed by atoms with van der Waals surface area (Å²) in [6, 6.07) is -1.03. The van der Waals surface area contributed by atoms with Crippen LogP contribution < -0.4 is 11.1 Å². The summed E-state index contributed by atoms with van der Waals surface area (Å²) in [4.78, 5) is 22.0. The molecule has 0 aliphatic heterocycles. The number of carboxylic acid groups (broad SMARTS) is 1. The Balaban J connectivity index is 4.29. The first-order valence-electron chi connectivity index (χ1n) is 4.85. The van der Waals surface area contributed by atoms with E-state index in [0.717, 1.165) is 0 Å². The topological polar surface area (TPSA) is 102 Å². The largest absolute Gasteiger partial charge is 0.480 e. The number of hydrogen-bond donors (Lipinski definition) is 3. The molecule has 0 bridgehead atoms. The molecule has 0 saturated heterocycles. The van der Waals surface area contributed by atoms with Gasteiger partial charge in [0.25, 0.3) is 0 Å². The van der Waals surface area contributed by atoms with Crippen LogP contribution in [-0.2, 0) is 9.53 Å². The number of carbonyl (C=O) groups excluding carboxylic acids is 1. The lowest BCUT2D eigenvalue weighted by molar-refractivity contribution is -0.139. The maximum atomic E-state index is 11.3. The molecule has 0 aliphatic rings. The highest BCUT2D eigenvalue weighted by molar-refractivity contribution is 5.80. The van der Waals surface area contributed by atoms with Gasteiger partial charge in [0.15, 0.2) is 0 Å². The van der Waals surface area contributed by atoms with E-state index in [1.807, 2.05) is 0 Å². The van der Waals surface area contributed by atoms with Gasteiger partial charge in [0.1, 0.15) is 11.6 Å². The molecule has 1 unspecified atom stereocenters. The van der Waals surface area contributed by atoms with Crippen LogP contribution in [-0.4, -0.2) is 28.8 Å². The van der Waals surface area contributed by atoms with E-state index in [4.69, 9.17) is 15.6 Å². The molecule has 92 valence electrons. The molecule has 4 N–H and O–H groups in total. The SMILES string of the molecule is CC(C)(C)OC(=O)NC(C/C=C/N)C(=O)O. The van der Waals surface area contributed by atoms with Gasteiger partial charge >= 0.3 is 12.1 Å². The van der Waals surface area contributed by atoms with Crippen LogP contribution in [0.1, 0.15) is 27.2 Å². The minimum absolute atomic E-state index is 0.116. The lowest BCUT2D eigenvalue weighted by Gasteiger charge is -2.21. The Hall–Kier alpha value is -1.72. The summed E-state index contributed by atoms with van der Waals surface area (Å²) in [5.74, 6) is -1.14. The summed E-state index contributed by atoms with van der Waals surface area (Å²) in [5, 5.41) is 11.0. The lowest BCUT2D eigenvalue weighted by atomic mass is 10.2. The van der Waals surface area contributed by atoms with Gasteiger partial charge in [0.05, 0.1) is 0 Å². The van der Waals surface area contributed by atoms with E-state index in [1.165, 1.54) is 12.3 Å². The summed E-state index contributed by atoms with van der Waals surface area (Å²) in [6.07, 6.45) is 2.04. The molecule has 0 aromatic heterocycles. The smallest absolute Gasteiger partial charge is 0.408 e. The molecule has 0 spiro atoms. The molecular weight excluding hydrogens is 212 g/mol. The van der Waals surface area contributed by atoms with Crippen LogP contribution in [0, 0.1) is 0 Å². The fraction of sp³-hybridized carbons (Fsp3) is 0.600. The first-order valence-corrected chi connectivity index (χ1v) is 4.85. The first kappa shape index (κ1) is 14.3. The van der Waals surface area contributed by atoms with E-state index in [0.29, 0.717) is 0 Å². The van der Waals surface area contributed by atoms with Crippen molar-refractivity contribution >= 4 is 12.1 Å². The predicted octanol–water partition coefficient (Wildman–Crippen LogP) is 0.827. The van der Waals surface area contributed by atoms with E-state index in [9.17, 15) is 9.59 Å². The molecule has 0 fully saturated rings. The third kappa shape index (κ3) is 6.69. The van der Waals surface area contributed by atoms with Crippen molar-refractivity contribution < 1.29 is 19.4 Å². The van der Waals surface area contributed by atoms with Crippen LogP contribution in [0.2, 0.25) is 0 Å². The Labute approximate surface area is 94.5 Å². The number of ether oxygens (including phenoxy) is 1. The molecule has 6 heteroatoms. The van der Waals surface area contributed by atoms with Gasteiger partial charge in [-0.05, 0) is 33.4 Å². The number of hydrogen-bond acceptors (Lipinski definition) is 4. The third-order valence-corrected chi connectivity index (χ3v) is 1.50. The lowest BCUT2D eigenvalue weighted by Crippen LogP contribution is -2.43. The highest BCUT2D eigenvalue weighted by Gasteiger charge is 2.22. The second kappa shape index (κ2) is 5.99. The van der Waals surface area contributed by atoms with Crippen molar-refractivity contribution in [3.63, 3.8) is 0 Å². The maximum absolute atomic E-state index is 11.3. The second-order valence-electron chi connectivity index (χ2n) is 4.20. The molecule has 16 heavy (non-hydrogen) atoms. The van der Waals surface area contributed by atoms with Gasteiger partial charge in [0, 0.05) is 0 Å². The monoisotopic (exact) mass is 230 g/mol. The first-order chi connectivity index (χ1) is 7.26. The molecule has 0 aromatic carbocycles. The summed E-state index contributed by atoms with van der Waals surface area (Å²) >= 11 is 0. The van der Waals surface area contributed by atoms with Crippen molar-refractivity contribution in [2.75, 3.05) is 0 Å². The van der Waals surface area contributed by atoms with Gasteiger partial charge in [-0.15, -0.1) is 0 Å². The van der Waals surface area contributed by atoms with Gasteiger partial charge in [0.2, 0.25) is 0 Å². The zero-order valence-corrected chi connectivity index (χ0v) is 9.69. The van der Waals surface area contributed by atoms with Crippen LogP contribution in [0.25, 0.3) is 0 Å². The van der Waals surface area contributed by atoms with Crippen molar-refractivity contribution in [3.05, 3.63) is 12.3 Å². The van der Waals surface area contributed by atoms with Crippen molar-refractivity contribution in [1.29, 1.82) is 0 Å². The fourth-order valence-electron chi connectivity index (χ4n) is 0.886. The zero-order chi connectivity index (χ0) is 12.8. The summed E-state index contributed by atoms with van der Waals surface area (Å²) in [5.41, 5.74) is 4.44. The normalized spacial score (nSPS) is 13.4. The van der Waals surface area contributed by atoms with E-state index in [-0.39, 0.29) is 6.42 Å². The van der Waals surface area contributed by atoms with Crippen LogP contribution in [0.5, 0.6) is 0 Å². The van der Waals surface area contributed by atoms with Crippen LogP contribution in [0.15, 0.2) is 12.3 Å². The van der Waals surface area contributed by atoms with Crippen LogP contribution in [0.4, 0.5) is 4.79 Å². The predicted molar refractivity (Wildman–Crippen MR) is 58.7 cm³/mol. The number of carboxylic acids is 1. The number of alkyl carbamates (subject to hydrolysis) is 1. The molecule has 0 aromatic rings. The highest BCUT2D eigenvalue weighted by atomic mass is 16.6. The van der Waals surface area contributed by atoms with Crippen molar-refractivity contribution in [2.45, 2.75) is 38.8 Å². The second-order valence-corrected chi connectivity index (χ2v) is 4.20. The Morgan fingerprint density at radius 1 is 1.50 bits per heavy atom. The number of carbonyl (C=O) groups is 2. The molecule has 0 rings (SSSR count). The standard InChI is InChI=1S/C10H18N2O4/c1-10(2,3)16-9(15)12-7(8(13)14)5-4-6-11/h4,6-7H,5,11H2,1-3H3,(H,12,15)(H,13,14)/b6-4+. The fourth-order valence-corrected chi connectivity index (χ4v) is 0.886. The summed E-state index contributed by atoms with van der Waals surface area (Å²) < 4.78 is 4.93. The van der Waals surface area contributed by atoms with Gasteiger partial charge in [-0.1, -0.05) is 6.08 Å². The molecule has 0 aliphatic carbocycles. The Bertz CT molecular complexity index is 281. The quantitative estimate of drug-likeness (QED) is 0.663. The molecule has 0 heterocycles. The summed E-state index contributed by atoms with van der Waals surface area (Å²) in [6.45, 7) is 5.09. The Morgan fingerprint density at radius 2 is 2.06 bits per heavy atom. The number of nitrogens with two attached hydrogens (primary N) is 1. The number of nitrogens with one attached hydrogen (secondary N) is 1. The molecule has 1 amide bonds. The summed E-state index contributed by atoms with van der Waals surface area (Å²) in [7, 11) is 0. The van der Waals surface area contributed by atoms with Gasteiger partial charge in [-0.25, -0.2) is 9.59 Å². The van der Waals surface area contributed by atoms with Crippen molar-refractivity contribution in [1.82, 2.24) is 5.32 Å². The van der Waals surface area contributed by atoms with Crippen molar-refractivity contribution in [2.24, 2.45) is 5.73 Å². The number of aliphatic carboxylic acids is 1. The molecule has 6 nitrogen and oxygen atoms in total. The average molecular weight is 230 g/mol. The zero-order valence-electron chi connectivity index (χ0n) is 9.69. The van der Waals surface area contributed by atoms with Gasteiger partial charge in [-0.2, -0.15) is 0 Å². The van der Waals surface area contributed by atoms with E-state index in [1.54, 1.807) is 20.8 Å². The number of amides is 1. The minimum Gasteiger partial charge on any atom is -0.480 e. The molecule has 0 saturated carbocycles. The van der Waals surface area contributed by atoms with Gasteiger partial charge < -0.3 is 20.9 Å². The van der Waals surface area contributed by atoms with E-state index >= 15 is 0 Å².